The Hall–Kier alpha value is 0.0969. The first kappa shape index (κ1) is 17.1. The van der Waals surface area contributed by atoms with Crippen molar-refractivity contribution in [1.29, 1.82) is 0 Å². The maximum atomic E-state index is 5.38. The lowest BCUT2D eigenvalue weighted by atomic mass is 9.87. The molecule has 3 nitrogen and oxygen atoms in total. The van der Waals surface area contributed by atoms with Crippen molar-refractivity contribution in [3.63, 3.8) is 0 Å². The molecule has 0 unspecified atom stereocenters. The van der Waals surface area contributed by atoms with E-state index in [2.05, 4.69) is 45.6 Å². The Bertz CT molecular complexity index is 206. The van der Waals surface area contributed by atoms with Gasteiger partial charge in [-0.3, -0.25) is 0 Å². The monoisotopic (exact) mass is 261 g/mol. The van der Waals surface area contributed by atoms with Crippen LogP contribution in [0.4, 0.5) is 0 Å². The second-order valence-corrected chi connectivity index (χ2v) is 11.5. The van der Waals surface area contributed by atoms with E-state index in [9.17, 15) is 0 Å². The van der Waals surface area contributed by atoms with Crippen LogP contribution in [0.25, 0.3) is 0 Å². The van der Waals surface area contributed by atoms with Crippen molar-refractivity contribution >= 4 is 8.24 Å². The van der Waals surface area contributed by atoms with Crippen LogP contribution in [-0.4, -0.2) is 47.4 Å². The van der Waals surface area contributed by atoms with Gasteiger partial charge in [-0.05, 0) is 38.4 Å². The summed E-state index contributed by atoms with van der Waals surface area (Å²) in [6, 6.07) is 1.34. The largest absolute Gasteiger partial charge is 0.359 e. The van der Waals surface area contributed by atoms with Crippen LogP contribution >= 0.6 is 0 Å². The van der Waals surface area contributed by atoms with Gasteiger partial charge in [0.25, 0.3) is 0 Å². The molecule has 0 aromatic rings. The van der Waals surface area contributed by atoms with Crippen molar-refractivity contribution in [2.75, 3.05) is 34.6 Å². The Kier molecular flexibility index (Phi) is 7.56. The van der Waals surface area contributed by atoms with E-state index < -0.39 is 8.24 Å². The summed E-state index contributed by atoms with van der Waals surface area (Å²) < 4.78 is 12.7. The molecule has 0 heterocycles. The third-order valence-corrected chi connectivity index (χ3v) is 7.64. The van der Waals surface area contributed by atoms with Gasteiger partial charge in [0.2, 0.25) is 0 Å². The molecule has 0 N–H and O–H groups in total. The highest BCUT2D eigenvalue weighted by Crippen LogP contribution is 2.30. The predicted molar refractivity (Wildman–Crippen MR) is 76.8 cm³/mol. The molecular formula is C13H31NO2Si. The molecule has 0 atom stereocenters. The SMILES string of the molecule is COCOCCC(C)(C)CC[Si](C)(C)N(C)C. The van der Waals surface area contributed by atoms with Gasteiger partial charge >= 0.3 is 0 Å². The van der Waals surface area contributed by atoms with Crippen molar-refractivity contribution < 1.29 is 9.47 Å². The standard InChI is InChI=1S/C13H31NO2Si/c1-13(2,8-10-16-12-15-5)9-11-17(6,7)14(3)4/h8-12H2,1-7H3. The fourth-order valence-electron chi connectivity index (χ4n) is 1.48. The van der Waals surface area contributed by atoms with E-state index in [-0.39, 0.29) is 0 Å². The van der Waals surface area contributed by atoms with Crippen molar-refractivity contribution in [3.8, 4) is 0 Å². The summed E-state index contributed by atoms with van der Waals surface area (Å²) in [6.07, 6.45) is 2.38. The average Bonchev–Trinajstić information content (AvgIpc) is 2.22. The molecule has 0 amide bonds. The summed E-state index contributed by atoms with van der Waals surface area (Å²) in [5, 5.41) is 0. The molecule has 4 heteroatoms. The van der Waals surface area contributed by atoms with Gasteiger partial charge in [0.1, 0.15) is 15.0 Å². The quantitative estimate of drug-likeness (QED) is 0.361. The van der Waals surface area contributed by atoms with Crippen LogP contribution in [0.3, 0.4) is 0 Å². The molecule has 0 saturated carbocycles. The second-order valence-electron chi connectivity index (χ2n) is 6.44. The zero-order chi connectivity index (χ0) is 13.5. The molecule has 0 bridgehead atoms. The van der Waals surface area contributed by atoms with E-state index in [1.54, 1.807) is 7.11 Å². The number of hydrogen-bond donors (Lipinski definition) is 0. The Morgan fingerprint density at radius 2 is 1.71 bits per heavy atom. The molecule has 104 valence electrons. The molecule has 0 fully saturated rings. The van der Waals surface area contributed by atoms with E-state index in [4.69, 9.17) is 9.47 Å². The summed E-state index contributed by atoms with van der Waals surface area (Å²) in [7, 11) is 4.90. The minimum Gasteiger partial charge on any atom is -0.359 e. The van der Waals surface area contributed by atoms with Crippen LogP contribution in [0.15, 0.2) is 0 Å². The fourth-order valence-corrected chi connectivity index (χ4v) is 3.22. The molecule has 0 spiro atoms. The van der Waals surface area contributed by atoms with Crippen LogP contribution < -0.4 is 0 Å². The van der Waals surface area contributed by atoms with Crippen molar-refractivity contribution in [1.82, 2.24) is 4.57 Å². The van der Waals surface area contributed by atoms with Crippen LogP contribution in [0.2, 0.25) is 19.1 Å². The number of methoxy groups -OCH3 is 1. The highest BCUT2D eigenvalue weighted by atomic mass is 28.3. The summed E-state index contributed by atoms with van der Waals surface area (Å²) in [6.45, 7) is 10.8. The Morgan fingerprint density at radius 1 is 1.12 bits per heavy atom. The first-order chi connectivity index (χ1) is 7.71. The van der Waals surface area contributed by atoms with Gasteiger partial charge in [0.15, 0.2) is 0 Å². The topological polar surface area (TPSA) is 21.7 Å². The first-order valence-corrected chi connectivity index (χ1v) is 9.61. The lowest BCUT2D eigenvalue weighted by Crippen LogP contribution is -2.44. The molecule has 17 heavy (non-hydrogen) atoms. The number of hydrogen-bond acceptors (Lipinski definition) is 3. The van der Waals surface area contributed by atoms with E-state index >= 15 is 0 Å². The van der Waals surface area contributed by atoms with Gasteiger partial charge in [-0.25, -0.2) is 0 Å². The van der Waals surface area contributed by atoms with Crippen molar-refractivity contribution in [2.24, 2.45) is 5.41 Å². The summed E-state index contributed by atoms with van der Waals surface area (Å²) in [5.41, 5.74) is 0.369. The highest BCUT2D eigenvalue weighted by molar-refractivity contribution is 6.74. The third kappa shape index (κ3) is 7.92. The zero-order valence-electron chi connectivity index (χ0n) is 12.8. The second kappa shape index (κ2) is 7.51. The van der Waals surface area contributed by atoms with Gasteiger partial charge in [0, 0.05) is 13.7 Å². The maximum Gasteiger partial charge on any atom is 0.146 e. The van der Waals surface area contributed by atoms with Gasteiger partial charge in [-0.15, -0.1) is 0 Å². The van der Waals surface area contributed by atoms with E-state index in [1.807, 2.05) is 0 Å². The molecule has 0 aromatic carbocycles. The third-order valence-electron chi connectivity index (χ3n) is 3.75. The minimum absolute atomic E-state index is 0.369. The molecule has 0 aliphatic heterocycles. The summed E-state index contributed by atoms with van der Waals surface area (Å²) in [4.78, 5) is 0. The molecule has 0 aliphatic rings. The maximum absolute atomic E-state index is 5.38. The van der Waals surface area contributed by atoms with Crippen LogP contribution in [0, 0.1) is 5.41 Å². The van der Waals surface area contributed by atoms with Crippen LogP contribution in [-0.2, 0) is 9.47 Å². The van der Waals surface area contributed by atoms with Gasteiger partial charge in [-0.2, -0.15) is 0 Å². The smallest absolute Gasteiger partial charge is 0.146 e. The lowest BCUT2D eigenvalue weighted by Gasteiger charge is -2.34. The highest BCUT2D eigenvalue weighted by Gasteiger charge is 2.27. The summed E-state index contributed by atoms with van der Waals surface area (Å²) in [5.74, 6) is 0. The minimum atomic E-state index is -1.18. The van der Waals surface area contributed by atoms with Gasteiger partial charge in [-0.1, -0.05) is 26.9 Å². The average molecular weight is 261 g/mol. The van der Waals surface area contributed by atoms with Gasteiger partial charge in [0.05, 0.1) is 0 Å². The molecule has 0 radical (unpaired) electrons. The van der Waals surface area contributed by atoms with E-state index in [1.165, 1.54) is 12.5 Å². The first-order valence-electron chi connectivity index (χ1n) is 6.45. The van der Waals surface area contributed by atoms with E-state index in [0.717, 1.165) is 13.0 Å². The molecule has 0 aromatic heterocycles. The number of rotatable bonds is 9. The fraction of sp³-hybridized carbons (Fsp3) is 1.00. The number of nitrogens with zero attached hydrogens (tertiary/aromatic N) is 1. The Balaban J connectivity index is 3.92. The van der Waals surface area contributed by atoms with E-state index in [0.29, 0.717) is 12.2 Å². The predicted octanol–water partition coefficient (Wildman–Crippen LogP) is 3.18. The molecular weight excluding hydrogens is 230 g/mol. The molecule has 0 saturated heterocycles. The van der Waals surface area contributed by atoms with Crippen LogP contribution in [0.1, 0.15) is 26.7 Å². The van der Waals surface area contributed by atoms with Crippen LogP contribution in [0.5, 0.6) is 0 Å². The zero-order valence-corrected chi connectivity index (χ0v) is 13.8. The van der Waals surface area contributed by atoms with Crippen molar-refractivity contribution in [2.45, 2.75) is 45.8 Å². The Labute approximate surface area is 109 Å². The van der Waals surface area contributed by atoms with Gasteiger partial charge < -0.3 is 14.0 Å². The summed E-state index contributed by atoms with van der Waals surface area (Å²) >= 11 is 0. The number of ether oxygens (including phenoxy) is 2. The van der Waals surface area contributed by atoms with Crippen molar-refractivity contribution in [3.05, 3.63) is 0 Å². The molecule has 0 aliphatic carbocycles. The lowest BCUT2D eigenvalue weighted by molar-refractivity contribution is -0.0386. The molecule has 0 rings (SSSR count). The Morgan fingerprint density at radius 3 is 2.18 bits per heavy atom. The normalized spacial score (nSPS) is 13.4.